The maximum atomic E-state index is 13.1. The molecule has 0 N–H and O–H groups in total. The number of halogens is 5. The van der Waals surface area contributed by atoms with Gasteiger partial charge in [-0.25, -0.2) is 22.2 Å². The maximum absolute atomic E-state index is 13.1. The SMILES string of the molecule is C[n+]1ccc(-c2cc[n+](C)cc2)cc1.Cn1nc(C(F)(F)F)c(CS(=O)(=O)C2=NOC(C)(C)C2)c1OC(F)F. The molecule has 1 aliphatic heterocycles. The Hall–Kier alpha value is -3.62. The van der Waals surface area contributed by atoms with Crippen LogP contribution in [0.5, 0.6) is 5.88 Å². The fourth-order valence-electron chi connectivity index (χ4n) is 3.57. The minimum absolute atomic E-state index is 0.165. The summed E-state index contributed by atoms with van der Waals surface area (Å²) >= 11 is 0. The van der Waals surface area contributed by atoms with Crippen molar-refractivity contribution in [3.8, 4) is 17.0 Å². The van der Waals surface area contributed by atoms with Crippen molar-refractivity contribution in [1.29, 1.82) is 0 Å². The van der Waals surface area contributed by atoms with Gasteiger partial charge in [0.1, 0.15) is 19.7 Å². The third kappa shape index (κ3) is 7.71. The van der Waals surface area contributed by atoms with E-state index in [-0.39, 0.29) is 6.42 Å². The van der Waals surface area contributed by atoms with Crippen LogP contribution in [0.2, 0.25) is 0 Å². The van der Waals surface area contributed by atoms with Gasteiger partial charge in [-0.15, -0.1) is 0 Å². The minimum Gasteiger partial charge on any atom is -0.417 e. The van der Waals surface area contributed by atoms with E-state index < -0.39 is 56.2 Å². The molecule has 15 heteroatoms. The molecule has 9 nitrogen and oxygen atoms in total. The zero-order chi connectivity index (χ0) is 29.2. The van der Waals surface area contributed by atoms with Crippen LogP contribution in [0.1, 0.15) is 31.5 Å². The highest BCUT2D eigenvalue weighted by atomic mass is 32.2. The average Bonchev–Trinajstić information content (AvgIpc) is 3.35. The van der Waals surface area contributed by atoms with Crippen molar-refractivity contribution in [3.05, 3.63) is 60.3 Å². The van der Waals surface area contributed by atoms with Gasteiger partial charge in [0.15, 0.2) is 45.4 Å². The zero-order valence-electron chi connectivity index (χ0n) is 21.8. The van der Waals surface area contributed by atoms with Crippen LogP contribution in [0.4, 0.5) is 22.0 Å². The van der Waals surface area contributed by atoms with E-state index in [1.165, 1.54) is 25.0 Å². The highest BCUT2D eigenvalue weighted by molar-refractivity contribution is 8.05. The first kappa shape index (κ1) is 29.9. The molecule has 39 heavy (non-hydrogen) atoms. The highest BCUT2D eigenvalue weighted by Crippen LogP contribution is 2.38. The Morgan fingerprint density at radius 2 is 1.54 bits per heavy atom. The molecule has 212 valence electrons. The number of rotatable bonds is 5. The molecule has 0 amide bonds. The number of sulfone groups is 1. The Kier molecular flexibility index (Phi) is 8.63. The van der Waals surface area contributed by atoms with Crippen molar-refractivity contribution in [2.24, 2.45) is 26.3 Å². The summed E-state index contributed by atoms with van der Waals surface area (Å²) in [6.45, 7) is -0.380. The van der Waals surface area contributed by atoms with E-state index in [2.05, 4.69) is 64.0 Å². The van der Waals surface area contributed by atoms with Crippen molar-refractivity contribution in [1.82, 2.24) is 9.78 Å². The van der Waals surface area contributed by atoms with Gasteiger partial charge in [-0.1, -0.05) is 5.16 Å². The second-order valence-electron chi connectivity index (χ2n) is 9.41. The Morgan fingerprint density at radius 3 is 1.92 bits per heavy atom. The molecule has 0 radical (unpaired) electrons. The molecule has 0 saturated carbocycles. The number of hydrogen-bond donors (Lipinski definition) is 0. The molecule has 4 heterocycles. The van der Waals surface area contributed by atoms with Crippen LogP contribution in [0.3, 0.4) is 0 Å². The van der Waals surface area contributed by atoms with E-state index in [1.807, 2.05) is 23.2 Å². The Bertz CT molecular complexity index is 1390. The van der Waals surface area contributed by atoms with Crippen molar-refractivity contribution in [3.63, 3.8) is 0 Å². The Labute approximate surface area is 222 Å². The number of aromatic nitrogens is 4. The molecule has 0 saturated heterocycles. The fourth-order valence-corrected chi connectivity index (χ4v) is 5.10. The Balaban J connectivity index is 0.000000252. The van der Waals surface area contributed by atoms with Gasteiger partial charge < -0.3 is 9.57 Å². The molecule has 4 rings (SSSR count). The van der Waals surface area contributed by atoms with Crippen LogP contribution >= 0.6 is 0 Å². The van der Waals surface area contributed by atoms with Crippen molar-refractivity contribution in [2.75, 3.05) is 0 Å². The second kappa shape index (κ2) is 11.2. The summed E-state index contributed by atoms with van der Waals surface area (Å²) in [5.74, 6) is -2.24. The average molecular weight is 578 g/mol. The summed E-state index contributed by atoms with van der Waals surface area (Å²) < 4.78 is 97.5. The van der Waals surface area contributed by atoms with Gasteiger partial charge in [0, 0.05) is 37.7 Å². The van der Waals surface area contributed by atoms with E-state index in [1.54, 1.807) is 0 Å². The summed E-state index contributed by atoms with van der Waals surface area (Å²) in [7, 11) is 0.613. The summed E-state index contributed by atoms with van der Waals surface area (Å²) in [5, 5.41) is 5.97. The number of hydrogen-bond acceptors (Lipinski definition) is 6. The molecule has 3 aromatic heterocycles. The topological polar surface area (TPSA) is 90.5 Å². The van der Waals surface area contributed by atoms with Crippen LogP contribution in [-0.2, 0) is 47.7 Å². The molecule has 3 aromatic rings. The number of pyridine rings is 2. The third-order valence-corrected chi connectivity index (χ3v) is 7.12. The summed E-state index contributed by atoms with van der Waals surface area (Å²) in [4.78, 5) is 4.89. The molecule has 1 aliphatic rings. The maximum Gasteiger partial charge on any atom is 0.435 e. The normalized spacial score (nSPS) is 14.9. The smallest absolute Gasteiger partial charge is 0.417 e. The standard InChI is InChI=1S/C12H14F5N3O4S.C12H14N2/c1-11(2)4-7(19-24-11)25(21,22)5-6-8(12(15,16)17)18-20(3)9(6)23-10(13)14;1-13-7-3-11(4-8-13)12-5-9-14(2)10-6-12/h10H,4-5H2,1-3H3;3-10H,1-2H3/q;+2. The molecule has 0 fully saturated rings. The van der Waals surface area contributed by atoms with Gasteiger partial charge in [0.25, 0.3) is 0 Å². The zero-order valence-corrected chi connectivity index (χ0v) is 22.6. The predicted octanol–water partition coefficient (Wildman–Crippen LogP) is 3.47. The molecular formula is C24H28F5N5O4S+2. The van der Waals surface area contributed by atoms with Crippen molar-refractivity contribution >= 4 is 14.9 Å². The van der Waals surface area contributed by atoms with Crippen LogP contribution in [-0.4, -0.2) is 35.5 Å². The quantitative estimate of drug-likeness (QED) is 0.342. The minimum atomic E-state index is -5.06. The lowest BCUT2D eigenvalue weighted by atomic mass is 10.1. The number of oxime groups is 1. The van der Waals surface area contributed by atoms with E-state index in [0.717, 1.165) is 7.05 Å². The van der Waals surface area contributed by atoms with Crippen molar-refractivity contribution < 1.29 is 49.1 Å². The monoisotopic (exact) mass is 577 g/mol. The molecule has 0 atom stereocenters. The number of ether oxygens (including phenoxy) is 1. The molecule has 0 aromatic carbocycles. The van der Waals surface area contributed by atoms with Crippen LogP contribution in [0.15, 0.2) is 54.2 Å². The molecule has 0 aliphatic carbocycles. The summed E-state index contributed by atoms with van der Waals surface area (Å²) in [5.41, 5.74) is -1.06. The van der Waals surface area contributed by atoms with Gasteiger partial charge >= 0.3 is 12.8 Å². The first-order valence-electron chi connectivity index (χ1n) is 11.4. The summed E-state index contributed by atoms with van der Waals surface area (Å²) in [6.07, 6.45) is 3.01. The lowest BCUT2D eigenvalue weighted by molar-refractivity contribution is -0.671. The van der Waals surface area contributed by atoms with E-state index >= 15 is 0 Å². The van der Waals surface area contributed by atoms with Crippen molar-refractivity contribution in [2.45, 2.75) is 44.4 Å². The predicted molar refractivity (Wildman–Crippen MR) is 129 cm³/mol. The lowest BCUT2D eigenvalue weighted by Gasteiger charge is -2.13. The lowest BCUT2D eigenvalue weighted by Crippen LogP contribution is -2.26. The van der Waals surface area contributed by atoms with E-state index in [0.29, 0.717) is 4.68 Å². The van der Waals surface area contributed by atoms with Gasteiger partial charge in [-0.05, 0) is 25.0 Å². The second-order valence-corrected chi connectivity index (χ2v) is 11.4. The number of aryl methyl sites for hydroxylation is 3. The summed E-state index contributed by atoms with van der Waals surface area (Å²) in [6, 6.07) is 8.48. The fraction of sp³-hybridized carbons (Fsp3) is 0.417. The van der Waals surface area contributed by atoms with Gasteiger partial charge in [0.05, 0.1) is 11.3 Å². The molecule has 0 unspecified atom stereocenters. The largest absolute Gasteiger partial charge is 0.435 e. The van der Waals surface area contributed by atoms with Gasteiger partial charge in [-0.2, -0.15) is 27.1 Å². The van der Waals surface area contributed by atoms with Crippen LogP contribution < -0.4 is 13.9 Å². The molecule has 0 bridgehead atoms. The van der Waals surface area contributed by atoms with E-state index in [4.69, 9.17) is 4.84 Å². The van der Waals surface area contributed by atoms with Gasteiger partial charge in [0.2, 0.25) is 5.88 Å². The first-order chi connectivity index (χ1) is 18.0. The van der Waals surface area contributed by atoms with Crippen LogP contribution in [0.25, 0.3) is 11.1 Å². The third-order valence-electron chi connectivity index (χ3n) is 5.51. The first-order valence-corrected chi connectivity index (χ1v) is 13.1. The molecule has 0 spiro atoms. The number of nitrogens with zero attached hydrogens (tertiary/aromatic N) is 5. The van der Waals surface area contributed by atoms with E-state index in [9.17, 15) is 30.4 Å². The number of alkyl halides is 5. The molecular weight excluding hydrogens is 549 g/mol. The van der Waals surface area contributed by atoms with Crippen LogP contribution in [0, 0.1) is 0 Å². The Morgan fingerprint density at radius 1 is 1.05 bits per heavy atom. The van der Waals surface area contributed by atoms with Gasteiger partial charge in [-0.3, -0.25) is 0 Å². The highest BCUT2D eigenvalue weighted by Gasteiger charge is 2.43.